The molecule has 4 saturated heterocycles. The maximum absolute atomic E-state index is 15.6. The van der Waals surface area contributed by atoms with E-state index in [9.17, 15) is 23.2 Å². The summed E-state index contributed by atoms with van der Waals surface area (Å²) in [4.78, 5) is 49.8. The van der Waals surface area contributed by atoms with E-state index in [1.807, 2.05) is 28.9 Å². The van der Waals surface area contributed by atoms with Crippen molar-refractivity contribution < 1.29 is 32.3 Å². The van der Waals surface area contributed by atoms with Crippen LogP contribution in [0.5, 0.6) is 0 Å². The Hall–Kier alpha value is -5.84. The second kappa shape index (κ2) is 19.2. The van der Waals surface area contributed by atoms with Crippen LogP contribution in [0.15, 0.2) is 42.9 Å². The normalized spacial score (nSPS) is 25.5. The number of piperidine rings is 3. The number of likely N-dealkylation sites (tertiary alicyclic amines) is 2. The van der Waals surface area contributed by atoms with Gasteiger partial charge in [0, 0.05) is 70.0 Å². The van der Waals surface area contributed by atoms with Gasteiger partial charge in [-0.25, -0.2) is 22.7 Å². The second-order valence-electron chi connectivity index (χ2n) is 20.2. The van der Waals surface area contributed by atoms with Gasteiger partial charge in [0.05, 0.1) is 52.8 Å². The Morgan fingerprint density at radius 3 is 2.48 bits per heavy atom. The van der Waals surface area contributed by atoms with E-state index in [-0.39, 0.29) is 54.7 Å². The summed E-state index contributed by atoms with van der Waals surface area (Å²) in [5, 5.41) is 19.5. The highest BCUT2D eigenvalue weighted by Crippen LogP contribution is 2.41. The maximum atomic E-state index is 15.6. The third-order valence-electron chi connectivity index (χ3n) is 15.5. The molecule has 16 nitrogen and oxygen atoms in total. The number of nitrogens with zero attached hydrogens (tertiary/aromatic N) is 10. The number of nitrogens with one attached hydrogen (secondary N) is 2. The molecule has 1 aromatic carbocycles. The number of aromatic nitrogens is 7. The predicted molar refractivity (Wildman–Crippen MR) is 251 cm³/mol. The Labute approximate surface area is 398 Å². The number of carbonyl (C=O) groups is 3. The van der Waals surface area contributed by atoms with Gasteiger partial charge < -0.3 is 19.9 Å². The summed E-state index contributed by atoms with van der Waals surface area (Å²) in [7, 11) is 2.16. The number of alkyl halides is 3. The summed E-state index contributed by atoms with van der Waals surface area (Å²) in [6, 6.07) is 7.82. The standard InChI is InChI=1S/C50H59F3N12O4/c1-60-26-33(27-60)31-15-20-62(21-16-31)42-18-22-63-48(56-42)38(24-54-63)50(68)55-40-29-64(58-45(40)47(52)53)34-9-7-30(8-10-34)25-61-19-17-41(39(51)28-61)69-23-3-5-32-4-2-6-36-44(37-13-14-43(66)57-49(37)67)59-65(46(32)36)35-11-12-35/h2,4,6,18,22,24,29-31,33-35,37,39,41,47H,7-17,19-21,23,25-28H2,1H3,(H,55,68)(H,57,66,67)/t30?,34?,37?,39-,41+/m0/s1. The van der Waals surface area contributed by atoms with Crippen LogP contribution < -0.4 is 15.5 Å². The van der Waals surface area contributed by atoms with Crippen molar-refractivity contribution in [3.63, 3.8) is 0 Å². The summed E-state index contributed by atoms with van der Waals surface area (Å²) in [6.07, 6.45) is 8.66. The van der Waals surface area contributed by atoms with Crippen LogP contribution in [-0.4, -0.2) is 133 Å². The number of benzene rings is 1. The lowest BCUT2D eigenvalue weighted by molar-refractivity contribution is -0.134. The van der Waals surface area contributed by atoms with E-state index < -0.39 is 36.2 Å². The summed E-state index contributed by atoms with van der Waals surface area (Å²) in [5.41, 5.74) is 2.38. The minimum atomic E-state index is -2.89. The number of para-hydroxylation sites is 1. The van der Waals surface area contributed by atoms with Crippen LogP contribution in [0.4, 0.5) is 24.7 Å². The molecule has 2 N–H and O–H groups in total. The zero-order valence-electron chi connectivity index (χ0n) is 38.9. The second-order valence-corrected chi connectivity index (χ2v) is 20.2. The van der Waals surface area contributed by atoms with Gasteiger partial charge >= 0.3 is 0 Å². The van der Waals surface area contributed by atoms with Crippen molar-refractivity contribution in [2.45, 2.75) is 107 Å². The molecular formula is C50H59F3N12O4. The summed E-state index contributed by atoms with van der Waals surface area (Å²) in [5.74, 6) is 7.25. The molecule has 4 aliphatic heterocycles. The first-order chi connectivity index (χ1) is 33.5. The monoisotopic (exact) mass is 948 g/mol. The van der Waals surface area contributed by atoms with Crippen molar-refractivity contribution in [1.29, 1.82) is 0 Å². The van der Waals surface area contributed by atoms with E-state index in [4.69, 9.17) is 14.8 Å². The number of amides is 3. The summed E-state index contributed by atoms with van der Waals surface area (Å²) < 4.78 is 55.5. The van der Waals surface area contributed by atoms with Crippen LogP contribution in [0, 0.1) is 29.6 Å². The maximum Gasteiger partial charge on any atom is 0.284 e. The number of hydrogen-bond acceptors (Lipinski definition) is 11. The smallest absolute Gasteiger partial charge is 0.284 e. The topological polar surface area (TPSA) is 160 Å². The largest absolute Gasteiger partial charge is 0.362 e. The van der Waals surface area contributed by atoms with Crippen molar-refractivity contribution in [3.8, 4) is 11.8 Å². The molecule has 3 atom stereocenters. The van der Waals surface area contributed by atoms with Gasteiger partial charge in [0.15, 0.2) is 11.3 Å². The lowest BCUT2D eigenvalue weighted by Crippen LogP contribution is -2.50. The average molecular weight is 949 g/mol. The molecule has 6 aliphatic rings. The fraction of sp³-hybridized carbons (Fsp3) is 0.580. The van der Waals surface area contributed by atoms with Crippen molar-refractivity contribution in [1.82, 2.24) is 49.3 Å². The minimum Gasteiger partial charge on any atom is -0.362 e. The van der Waals surface area contributed by atoms with Gasteiger partial charge in [0.2, 0.25) is 11.8 Å². The van der Waals surface area contributed by atoms with Gasteiger partial charge in [0.25, 0.3) is 12.3 Å². The van der Waals surface area contributed by atoms with Crippen molar-refractivity contribution in [3.05, 3.63) is 65.4 Å². The molecule has 19 heteroatoms. The average Bonchev–Trinajstić information content (AvgIpc) is 3.76. The van der Waals surface area contributed by atoms with Gasteiger partial charge in [-0.3, -0.25) is 34.0 Å². The number of rotatable bonds is 12. The Morgan fingerprint density at radius 1 is 0.942 bits per heavy atom. The van der Waals surface area contributed by atoms with E-state index in [1.165, 1.54) is 16.9 Å². The molecule has 4 aromatic heterocycles. The molecule has 11 rings (SSSR count). The quantitative estimate of drug-likeness (QED) is 0.107. The zero-order chi connectivity index (χ0) is 47.3. The third kappa shape index (κ3) is 9.47. The molecule has 2 aliphatic carbocycles. The molecular weight excluding hydrogens is 890 g/mol. The molecule has 0 bridgehead atoms. The van der Waals surface area contributed by atoms with E-state index in [0.717, 1.165) is 112 Å². The van der Waals surface area contributed by atoms with E-state index in [0.29, 0.717) is 42.6 Å². The highest BCUT2D eigenvalue weighted by molar-refractivity contribution is 6.08. The summed E-state index contributed by atoms with van der Waals surface area (Å²) in [6.45, 7) is 5.88. The van der Waals surface area contributed by atoms with E-state index >= 15 is 4.39 Å². The first-order valence-corrected chi connectivity index (χ1v) is 24.8. The number of anilines is 2. The fourth-order valence-corrected chi connectivity index (χ4v) is 11.5. The van der Waals surface area contributed by atoms with Crippen LogP contribution in [0.3, 0.4) is 0 Å². The highest BCUT2D eigenvalue weighted by atomic mass is 19.3. The van der Waals surface area contributed by atoms with Gasteiger partial charge in [-0.05, 0) is 101 Å². The molecule has 0 radical (unpaired) electrons. The van der Waals surface area contributed by atoms with Crippen LogP contribution >= 0.6 is 0 Å². The van der Waals surface area contributed by atoms with Crippen LogP contribution in [-0.2, 0) is 14.3 Å². The molecule has 364 valence electrons. The Bertz CT molecular complexity index is 2790. The zero-order valence-corrected chi connectivity index (χ0v) is 38.9. The molecule has 2 saturated carbocycles. The van der Waals surface area contributed by atoms with Crippen molar-refractivity contribution in [2.24, 2.45) is 17.8 Å². The first kappa shape index (κ1) is 45.6. The number of carbonyl (C=O) groups excluding carboxylic acids is 3. The number of fused-ring (bicyclic) bond motifs is 2. The Morgan fingerprint density at radius 2 is 1.74 bits per heavy atom. The van der Waals surface area contributed by atoms with Gasteiger partial charge in [-0.15, -0.1) is 0 Å². The molecule has 3 amide bonds. The number of hydrogen-bond donors (Lipinski definition) is 2. The third-order valence-corrected chi connectivity index (χ3v) is 15.5. The lowest BCUT2D eigenvalue weighted by Gasteiger charge is -2.44. The minimum absolute atomic E-state index is 0.0274. The molecule has 6 fully saturated rings. The molecule has 5 aromatic rings. The molecule has 69 heavy (non-hydrogen) atoms. The summed E-state index contributed by atoms with van der Waals surface area (Å²) >= 11 is 0. The Balaban J connectivity index is 0.659. The Kier molecular flexibility index (Phi) is 12.7. The number of ether oxygens (including phenoxy) is 1. The SMILES string of the molecule is CN1CC(C2CCN(c3ccn4ncc(C(=O)Nc5cn(C6CCC(CN7CC[C@@H](OCC#Cc8cccc9c(C%10CCC(=O)NC%10=O)nn(C%10CC%10)c89)[C@@H](F)C7)CC6)nc5C(F)F)c4n3)CC2)C1. The fourth-order valence-electron chi connectivity index (χ4n) is 11.5. The van der Waals surface area contributed by atoms with Gasteiger partial charge in [0.1, 0.15) is 24.2 Å². The number of halogens is 3. The number of imide groups is 1. The van der Waals surface area contributed by atoms with Crippen LogP contribution in [0.25, 0.3) is 16.6 Å². The molecule has 0 spiro atoms. The predicted octanol–water partition coefficient (Wildman–Crippen LogP) is 6.31. The van der Waals surface area contributed by atoms with Gasteiger partial charge in [-0.2, -0.15) is 15.3 Å². The van der Waals surface area contributed by atoms with Crippen LogP contribution in [0.2, 0.25) is 0 Å². The van der Waals surface area contributed by atoms with E-state index in [2.05, 4.69) is 54.4 Å². The molecule has 8 heterocycles. The van der Waals surface area contributed by atoms with Gasteiger partial charge in [-0.1, -0.05) is 24.0 Å². The van der Waals surface area contributed by atoms with Crippen LogP contribution in [0.1, 0.15) is 122 Å². The first-order valence-electron chi connectivity index (χ1n) is 24.8. The molecule has 1 unspecified atom stereocenters. The van der Waals surface area contributed by atoms with Crippen molar-refractivity contribution in [2.75, 3.05) is 69.7 Å². The van der Waals surface area contributed by atoms with Crippen molar-refractivity contribution >= 4 is 45.8 Å². The highest BCUT2D eigenvalue weighted by Gasteiger charge is 2.37. The lowest BCUT2D eigenvalue weighted by atomic mass is 9.80. The van der Waals surface area contributed by atoms with E-state index in [1.54, 1.807) is 10.9 Å².